The minimum absolute atomic E-state index is 0.568. The molecule has 3 heteroatoms. The van der Waals surface area contributed by atoms with E-state index in [0.29, 0.717) is 6.04 Å². The van der Waals surface area contributed by atoms with E-state index in [1.54, 1.807) is 7.11 Å². The molecule has 0 saturated heterocycles. The molecule has 0 unspecified atom stereocenters. The van der Waals surface area contributed by atoms with E-state index in [2.05, 4.69) is 18.7 Å². The lowest BCUT2D eigenvalue weighted by Gasteiger charge is -2.33. The Hall–Kier alpha value is -1.22. The molecule has 0 bridgehead atoms. The van der Waals surface area contributed by atoms with E-state index in [0.717, 1.165) is 30.9 Å². The molecular formula is C13H20N2O. The van der Waals surface area contributed by atoms with E-state index < -0.39 is 0 Å². The van der Waals surface area contributed by atoms with Crippen LogP contribution in [0.2, 0.25) is 0 Å². The number of benzene rings is 1. The number of nitrogens with zero attached hydrogens (tertiary/aromatic N) is 1. The van der Waals surface area contributed by atoms with Crippen LogP contribution >= 0.6 is 0 Å². The van der Waals surface area contributed by atoms with Gasteiger partial charge in [-0.3, -0.25) is 4.90 Å². The van der Waals surface area contributed by atoms with Crippen molar-refractivity contribution >= 4 is 5.69 Å². The van der Waals surface area contributed by atoms with Gasteiger partial charge in [-0.15, -0.1) is 0 Å². The van der Waals surface area contributed by atoms with Crippen LogP contribution in [0.1, 0.15) is 25.0 Å². The summed E-state index contributed by atoms with van der Waals surface area (Å²) in [5, 5.41) is 0. The maximum absolute atomic E-state index is 6.05. The van der Waals surface area contributed by atoms with Gasteiger partial charge >= 0.3 is 0 Å². The first-order chi connectivity index (χ1) is 7.63. The van der Waals surface area contributed by atoms with E-state index in [9.17, 15) is 0 Å². The zero-order valence-corrected chi connectivity index (χ0v) is 10.3. The van der Waals surface area contributed by atoms with Crippen molar-refractivity contribution in [2.24, 2.45) is 0 Å². The third-order valence-corrected chi connectivity index (χ3v) is 3.38. The third kappa shape index (κ3) is 1.87. The summed E-state index contributed by atoms with van der Waals surface area (Å²) >= 11 is 0. The number of methoxy groups -OCH3 is 1. The first kappa shape index (κ1) is 11.3. The molecule has 0 atom stereocenters. The Balaban J connectivity index is 2.37. The highest BCUT2D eigenvalue weighted by Crippen LogP contribution is 2.32. The number of rotatable bonds is 2. The predicted molar refractivity (Wildman–Crippen MR) is 66.7 cm³/mol. The molecule has 88 valence electrons. The van der Waals surface area contributed by atoms with Crippen LogP contribution in [0.25, 0.3) is 0 Å². The molecule has 2 N–H and O–H groups in total. The van der Waals surface area contributed by atoms with Gasteiger partial charge < -0.3 is 10.5 Å². The molecule has 0 radical (unpaired) electrons. The van der Waals surface area contributed by atoms with Gasteiger partial charge in [-0.05, 0) is 38.0 Å². The number of hydrogen-bond donors (Lipinski definition) is 1. The molecule has 1 aliphatic heterocycles. The monoisotopic (exact) mass is 220 g/mol. The Morgan fingerprint density at radius 2 is 2.06 bits per heavy atom. The van der Waals surface area contributed by atoms with Gasteiger partial charge in [0.05, 0.1) is 7.11 Å². The average Bonchev–Trinajstić information content (AvgIpc) is 2.29. The van der Waals surface area contributed by atoms with Gasteiger partial charge in [0, 0.05) is 30.4 Å². The molecule has 0 aliphatic carbocycles. The zero-order valence-electron chi connectivity index (χ0n) is 10.3. The van der Waals surface area contributed by atoms with Crippen LogP contribution in [0, 0.1) is 0 Å². The van der Waals surface area contributed by atoms with E-state index in [-0.39, 0.29) is 0 Å². The third-order valence-electron chi connectivity index (χ3n) is 3.38. The smallest absolute Gasteiger partial charge is 0.122 e. The second-order valence-corrected chi connectivity index (χ2v) is 4.63. The number of hydrogen-bond acceptors (Lipinski definition) is 3. The number of fused-ring (bicyclic) bond motifs is 1. The Labute approximate surface area is 97.2 Å². The second kappa shape index (κ2) is 4.34. The Kier molecular flexibility index (Phi) is 3.06. The van der Waals surface area contributed by atoms with Crippen molar-refractivity contribution < 1.29 is 4.74 Å². The fraction of sp³-hybridized carbons (Fsp3) is 0.538. The van der Waals surface area contributed by atoms with Crippen molar-refractivity contribution in [3.8, 4) is 5.75 Å². The van der Waals surface area contributed by atoms with Gasteiger partial charge in [0.15, 0.2) is 0 Å². The molecule has 0 amide bonds. The number of nitrogen functional groups attached to an aromatic ring is 1. The number of nitrogens with two attached hydrogens (primary N) is 1. The zero-order chi connectivity index (χ0) is 11.7. The maximum Gasteiger partial charge on any atom is 0.122 e. The van der Waals surface area contributed by atoms with Crippen LogP contribution < -0.4 is 10.5 Å². The van der Waals surface area contributed by atoms with Crippen LogP contribution in [0.5, 0.6) is 5.75 Å². The van der Waals surface area contributed by atoms with Gasteiger partial charge in [-0.2, -0.15) is 0 Å². The van der Waals surface area contributed by atoms with Gasteiger partial charge in [0.1, 0.15) is 5.75 Å². The van der Waals surface area contributed by atoms with Gasteiger partial charge in [0.25, 0.3) is 0 Å². The lowest BCUT2D eigenvalue weighted by atomic mass is 9.96. The summed E-state index contributed by atoms with van der Waals surface area (Å²) in [6.07, 6.45) is 1.03. The Morgan fingerprint density at radius 1 is 1.31 bits per heavy atom. The van der Waals surface area contributed by atoms with Crippen LogP contribution in [0.4, 0.5) is 5.69 Å². The SMILES string of the molecule is COc1ccc(N)c2c1CCN(C(C)C)C2. The van der Waals surface area contributed by atoms with E-state index >= 15 is 0 Å². The molecule has 16 heavy (non-hydrogen) atoms. The first-order valence-corrected chi connectivity index (χ1v) is 5.81. The van der Waals surface area contributed by atoms with Gasteiger partial charge in [-0.25, -0.2) is 0 Å². The quantitative estimate of drug-likeness (QED) is 0.775. The largest absolute Gasteiger partial charge is 0.496 e. The molecular weight excluding hydrogens is 200 g/mol. The van der Waals surface area contributed by atoms with E-state index in [1.807, 2.05) is 12.1 Å². The van der Waals surface area contributed by atoms with Gasteiger partial charge in [-0.1, -0.05) is 0 Å². The summed E-state index contributed by atoms with van der Waals surface area (Å²) in [7, 11) is 1.72. The van der Waals surface area contributed by atoms with Gasteiger partial charge in [0.2, 0.25) is 0 Å². The first-order valence-electron chi connectivity index (χ1n) is 5.81. The van der Waals surface area contributed by atoms with Crippen molar-refractivity contribution in [3.63, 3.8) is 0 Å². The molecule has 3 nitrogen and oxygen atoms in total. The summed E-state index contributed by atoms with van der Waals surface area (Å²) in [4.78, 5) is 2.44. The molecule has 2 rings (SSSR count). The number of ether oxygens (including phenoxy) is 1. The average molecular weight is 220 g/mol. The molecule has 1 aromatic rings. The van der Waals surface area contributed by atoms with Crippen LogP contribution in [-0.2, 0) is 13.0 Å². The highest BCUT2D eigenvalue weighted by molar-refractivity contribution is 5.57. The molecule has 1 heterocycles. The fourth-order valence-electron chi connectivity index (χ4n) is 2.32. The maximum atomic E-state index is 6.05. The molecule has 1 aromatic carbocycles. The van der Waals surface area contributed by atoms with Crippen molar-refractivity contribution in [1.82, 2.24) is 4.90 Å². The summed E-state index contributed by atoms with van der Waals surface area (Å²) in [6.45, 7) is 6.48. The van der Waals surface area contributed by atoms with Crippen molar-refractivity contribution in [1.29, 1.82) is 0 Å². The topological polar surface area (TPSA) is 38.5 Å². The van der Waals surface area contributed by atoms with E-state index in [1.165, 1.54) is 11.1 Å². The lowest BCUT2D eigenvalue weighted by molar-refractivity contribution is 0.202. The fourth-order valence-corrected chi connectivity index (χ4v) is 2.32. The van der Waals surface area contributed by atoms with Crippen LogP contribution in [0.15, 0.2) is 12.1 Å². The minimum atomic E-state index is 0.568. The highest BCUT2D eigenvalue weighted by atomic mass is 16.5. The van der Waals surface area contributed by atoms with Crippen molar-refractivity contribution in [2.45, 2.75) is 32.9 Å². The van der Waals surface area contributed by atoms with Crippen molar-refractivity contribution in [2.75, 3.05) is 19.4 Å². The molecule has 0 saturated carbocycles. The molecule has 0 aromatic heterocycles. The summed E-state index contributed by atoms with van der Waals surface area (Å²) < 4.78 is 5.39. The lowest BCUT2D eigenvalue weighted by Crippen LogP contribution is -2.36. The number of anilines is 1. The van der Waals surface area contributed by atoms with Crippen molar-refractivity contribution in [3.05, 3.63) is 23.3 Å². The normalized spacial score (nSPS) is 16.2. The Morgan fingerprint density at radius 3 is 2.69 bits per heavy atom. The van der Waals surface area contributed by atoms with Crippen LogP contribution in [0.3, 0.4) is 0 Å². The molecule has 0 spiro atoms. The summed E-state index contributed by atoms with van der Waals surface area (Å²) in [5.74, 6) is 0.979. The highest BCUT2D eigenvalue weighted by Gasteiger charge is 2.22. The summed E-state index contributed by atoms with van der Waals surface area (Å²) in [5.41, 5.74) is 9.48. The second-order valence-electron chi connectivity index (χ2n) is 4.63. The molecule has 1 aliphatic rings. The summed E-state index contributed by atoms with van der Waals surface area (Å²) in [6, 6.07) is 4.49. The Bertz CT molecular complexity index is 388. The standard InChI is InChI=1S/C13H20N2O/c1-9(2)15-7-6-10-11(8-15)12(14)4-5-13(10)16-3/h4-5,9H,6-8,14H2,1-3H3. The van der Waals surface area contributed by atoms with Crippen LogP contribution in [-0.4, -0.2) is 24.6 Å². The minimum Gasteiger partial charge on any atom is -0.496 e. The predicted octanol–water partition coefficient (Wildman–Crippen LogP) is 2.04. The van der Waals surface area contributed by atoms with E-state index in [4.69, 9.17) is 10.5 Å². The molecule has 0 fully saturated rings.